The van der Waals surface area contributed by atoms with Gasteiger partial charge in [-0.15, -0.1) is 0 Å². The van der Waals surface area contributed by atoms with Gasteiger partial charge in [0.1, 0.15) is 11.4 Å². The molecule has 0 radical (unpaired) electrons. The summed E-state index contributed by atoms with van der Waals surface area (Å²) in [5.41, 5.74) is -0.323. The summed E-state index contributed by atoms with van der Waals surface area (Å²) in [4.78, 5) is 0. The number of phenolic OH excluding ortho intramolecular Hbond substituents is 1. The van der Waals surface area contributed by atoms with E-state index in [0.29, 0.717) is 11.1 Å². The molecule has 0 bridgehead atoms. The van der Waals surface area contributed by atoms with Crippen LogP contribution in [0.15, 0.2) is 65.7 Å². The molecule has 0 aliphatic heterocycles. The van der Waals surface area contributed by atoms with E-state index >= 15 is 0 Å². The van der Waals surface area contributed by atoms with E-state index in [1.54, 1.807) is 36.4 Å². The van der Waals surface area contributed by atoms with Crippen molar-refractivity contribution in [3.8, 4) is 5.75 Å². The van der Waals surface area contributed by atoms with Gasteiger partial charge in [-0.25, -0.2) is 0 Å². The number of benzene rings is 2. The number of aliphatic hydroxyl groups is 1. The summed E-state index contributed by atoms with van der Waals surface area (Å²) in [7, 11) is 0. The van der Waals surface area contributed by atoms with Crippen molar-refractivity contribution in [2.24, 2.45) is 0 Å². The molecule has 0 saturated carbocycles. The number of phenols is 1. The predicted octanol–water partition coefficient (Wildman–Crippen LogP) is 3.58. The Morgan fingerprint density at radius 3 is 2.22 bits per heavy atom. The predicted molar refractivity (Wildman–Crippen MR) is 75.4 cm³/mol. The Balaban J connectivity index is 2.58. The van der Waals surface area contributed by atoms with Gasteiger partial charge in [0.2, 0.25) is 0 Å². The topological polar surface area (TPSA) is 40.5 Å². The highest BCUT2D eigenvalue weighted by atomic mass is 79.9. The molecule has 18 heavy (non-hydrogen) atoms. The molecule has 2 aromatic carbocycles. The zero-order valence-electron chi connectivity index (χ0n) is 9.68. The summed E-state index contributed by atoms with van der Waals surface area (Å²) >= 11 is 3.35. The van der Waals surface area contributed by atoms with Crippen LogP contribution in [0, 0.1) is 0 Å². The maximum Gasteiger partial charge on any atom is 0.136 e. The Hall–Kier alpha value is -1.58. The van der Waals surface area contributed by atoms with Crippen LogP contribution in [-0.2, 0) is 5.60 Å². The van der Waals surface area contributed by atoms with E-state index in [4.69, 9.17) is 0 Å². The number of aromatic hydroxyl groups is 1. The van der Waals surface area contributed by atoms with Crippen molar-refractivity contribution in [2.45, 2.75) is 5.60 Å². The Kier molecular flexibility index (Phi) is 3.55. The summed E-state index contributed by atoms with van der Waals surface area (Å²) in [5, 5.41) is 20.6. The van der Waals surface area contributed by atoms with Crippen LogP contribution >= 0.6 is 15.9 Å². The first-order chi connectivity index (χ1) is 8.58. The fourth-order valence-corrected chi connectivity index (χ4v) is 2.15. The minimum Gasteiger partial charge on any atom is -0.508 e. The molecule has 0 saturated heterocycles. The Labute approximate surface area is 114 Å². The Morgan fingerprint density at radius 2 is 1.67 bits per heavy atom. The smallest absolute Gasteiger partial charge is 0.136 e. The van der Waals surface area contributed by atoms with E-state index in [0.717, 1.165) is 4.47 Å². The molecule has 1 unspecified atom stereocenters. The minimum absolute atomic E-state index is 0.0443. The molecule has 2 N–H and O–H groups in total. The summed E-state index contributed by atoms with van der Waals surface area (Å²) in [6.07, 6.45) is 1.42. The van der Waals surface area contributed by atoms with Gasteiger partial charge in [0, 0.05) is 10.0 Å². The number of halogens is 1. The highest BCUT2D eigenvalue weighted by Crippen LogP contribution is 2.36. The second-order valence-electron chi connectivity index (χ2n) is 3.99. The van der Waals surface area contributed by atoms with Crippen molar-refractivity contribution >= 4 is 15.9 Å². The van der Waals surface area contributed by atoms with Gasteiger partial charge < -0.3 is 10.2 Å². The molecule has 2 rings (SSSR count). The SMILES string of the molecule is C=CC(O)(c1ccc(Br)cc1)c1ccccc1O. The van der Waals surface area contributed by atoms with Gasteiger partial charge in [0.15, 0.2) is 0 Å². The van der Waals surface area contributed by atoms with E-state index in [9.17, 15) is 10.2 Å². The Morgan fingerprint density at radius 1 is 1.06 bits per heavy atom. The lowest BCUT2D eigenvalue weighted by molar-refractivity contribution is 0.131. The number of hydrogen-bond donors (Lipinski definition) is 2. The van der Waals surface area contributed by atoms with Gasteiger partial charge in [-0.05, 0) is 23.8 Å². The quantitative estimate of drug-likeness (QED) is 0.851. The van der Waals surface area contributed by atoms with Crippen LogP contribution in [0.3, 0.4) is 0 Å². The number of para-hydroxylation sites is 1. The normalized spacial score (nSPS) is 13.9. The summed E-state index contributed by atoms with van der Waals surface area (Å²) in [6.45, 7) is 3.68. The second kappa shape index (κ2) is 4.96. The van der Waals surface area contributed by atoms with Gasteiger partial charge in [-0.3, -0.25) is 0 Å². The molecule has 2 aromatic rings. The molecule has 0 heterocycles. The average molecular weight is 305 g/mol. The maximum atomic E-state index is 10.7. The van der Waals surface area contributed by atoms with Gasteiger partial charge >= 0.3 is 0 Å². The van der Waals surface area contributed by atoms with Crippen molar-refractivity contribution in [3.63, 3.8) is 0 Å². The van der Waals surface area contributed by atoms with Crippen LogP contribution in [-0.4, -0.2) is 10.2 Å². The van der Waals surface area contributed by atoms with Crippen molar-refractivity contribution in [3.05, 3.63) is 76.8 Å². The van der Waals surface area contributed by atoms with E-state index in [1.165, 1.54) is 6.08 Å². The van der Waals surface area contributed by atoms with Gasteiger partial charge in [-0.1, -0.05) is 58.9 Å². The highest BCUT2D eigenvalue weighted by Gasteiger charge is 2.30. The first-order valence-electron chi connectivity index (χ1n) is 5.48. The maximum absolute atomic E-state index is 10.7. The first-order valence-corrected chi connectivity index (χ1v) is 6.27. The third kappa shape index (κ3) is 2.19. The van der Waals surface area contributed by atoms with Crippen LogP contribution in [0.2, 0.25) is 0 Å². The number of hydrogen-bond acceptors (Lipinski definition) is 2. The molecule has 0 spiro atoms. The van der Waals surface area contributed by atoms with Gasteiger partial charge in [-0.2, -0.15) is 0 Å². The molecule has 0 aliphatic rings. The number of rotatable bonds is 3. The van der Waals surface area contributed by atoms with Gasteiger partial charge in [0.25, 0.3) is 0 Å². The molecule has 3 heteroatoms. The summed E-state index contributed by atoms with van der Waals surface area (Å²) in [6, 6.07) is 14.0. The van der Waals surface area contributed by atoms with E-state index in [-0.39, 0.29) is 5.75 Å². The van der Waals surface area contributed by atoms with E-state index < -0.39 is 5.60 Å². The third-order valence-corrected chi connectivity index (χ3v) is 3.42. The van der Waals surface area contributed by atoms with Crippen LogP contribution in [0.4, 0.5) is 0 Å². The summed E-state index contributed by atoms with van der Waals surface area (Å²) < 4.78 is 0.926. The molecule has 92 valence electrons. The van der Waals surface area contributed by atoms with Crippen LogP contribution < -0.4 is 0 Å². The summed E-state index contributed by atoms with van der Waals surface area (Å²) in [5.74, 6) is 0.0443. The fourth-order valence-electron chi connectivity index (χ4n) is 1.88. The lowest BCUT2D eigenvalue weighted by atomic mass is 9.86. The van der Waals surface area contributed by atoms with Crippen LogP contribution in [0.5, 0.6) is 5.75 Å². The lowest BCUT2D eigenvalue weighted by Crippen LogP contribution is -2.24. The zero-order valence-corrected chi connectivity index (χ0v) is 11.3. The zero-order chi connectivity index (χ0) is 13.2. The monoisotopic (exact) mass is 304 g/mol. The molecule has 1 atom stereocenters. The van der Waals surface area contributed by atoms with Crippen molar-refractivity contribution in [2.75, 3.05) is 0 Å². The van der Waals surface area contributed by atoms with Crippen LogP contribution in [0.1, 0.15) is 11.1 Å². The third-order valence-electron chi connectivity index (χ3n) is 2.89. The molecular formula is C15H13BrO2. The molecule has 2 nitrogen and oxygen atoms in total. The fraction of sp³-hybridized carbons (Fsp3) is 0.0667. The largest absolute Gasteiger partial charge is 0.508 e. The lowest BCUT2D eigenvalue weighted by Gasteiger charge is -2.26. The van der Waals surface area contributed by atoms with Gasteiger partial charge in [0.05, 0.1) is 0 Å². The first kappa shape index (κ1) is 12.9. The molecule has 0 fully saturated rings. The standard InChI is InChI=1S/C15H13BrO2/c1-2-15(18,11-7-9-12(16)10-8-11)13-5-3-4-6-14(13)17/h2-10,17-18H,1H2. The molecular weight excluding hydrogens is 292 g/mol. The van der Waals surface area contributed by atoms with E-state index in [2.05, 4.69) is 22.5 Å². The second-order valence-corrected chi connectivity index (χ2v) is 4.91. The highest BCUT2D eigenvalue weighted by molar-refractivity contribution is 9.10. The van der Waals surface area contributed by atoms with Crippen molar-refractivity contribution in [1.82, 2.24) is 0 Å². The Bertz CT molecular complexity index is 563. The van der Waals surface area contributed by atoms with Crippen LogP contribution in [0.25, 0.3) is 0 Å². The van der Waals surface area contributed by atoms with E-state index in [1.807, 2.05) is 12.1 Å². The van der Waals surface area contributed by atoms with Crippen molar-refractivity contribution in [1.29, 1.82) is 0 Å². The van der Waals surface area contributed by atoms with Crippen molar-refractivity contribution < 1.29 is 10.2 Å². The molecule has 0 amide bonds. The minimum atomic E-state index is -1.40. The molecule has 0 aromatic heterocycles. The molecule has 0 aliphatic carbocycles. The average Bonchev–Trinajstić information content (AvgIpc) is 2.39.